The number of nitro groups is 1. The summed E-state index contributed by atoms with van der Waals surface area (Å²) in [6.07, 6.45) is 3.18. The Morgan fingerprint density at radius 1 is 1.39 bits per heavy atom. The van der Waals surface area contributed by atoms with Gasteiger partial charge in [0.15, 0.2) is 0 Å². The lowest BCUT2D eigenvalue weighted by Gasteiger charge is -2.47. The van der Waals surface area contributed by atoms with Crippen molar-refractivity contribution < 1.29 is 14.1 Å². The van der Waals surface area contributed by atoms with Crippen LogP contribution in [0.1, 0.15) is 67.9 Å². The average Bonchev–Trinajstić information content (AvgIpc) is 2.71. The summed E-state index contributed by atoms with van der Waals surface area (Å²) in [6.45, 7) is 9.44. The largest absolute Gasteiger partial charge is 0.366 e. The highest BCUT2D eigenvalue weighted by Gasteiger charge is 2.36. The maximum Gasteiger partial charge on any atom is 0.271 e. The van der Waals surface area contributed by atoms with Gasteiger partial charge in [-0.05, 0) is 56.4 Å². The standard InChI is InChI=1S/C23H27FN4O3/c1-5-9-27-21-12-20(24)17(11-19(21)15(2)13-23(27,3)4)14-25-26-22(29)16-7-6-8-18(10-16)28(30)31/h6-8,10-12,14-15H,5,9,13H2,1-4H3,(H,26,29)/b25-14-. The molecular formula is C23H27FN4O3. The smallest absolute Gasteiger partial charge is 0.271 e. The van der Waals surface area contributed by atoms with E-state index in [4.69, 9.17) is 0 Å². The number of halogens is 1. The normalized spacial score (nSPS) is 17.5. The molecule has 2 aromatic carbocycles. The molecule has 1 heterocycles. The lowest BCUT2D eigenvalue weighted by molar-refractivity contribution is -0.384. The van der Waals surface area contributed by atoms with Crippen molar-refractivity contribution in [1.29, 1.82) is 0 Å². The van der Waals surface area contributed by atoms with Crippen molar-refractivity contribution >= 4 is 23.5 Å². The molecule has 3 rings (SSSR count). The molecular weight excluding hydrogens is 399 g/mol. The summed E-state index contributed by atoms with van der Waals surface area (Å²) in [5, 5.41) is 14.7. The first kappa shape index (κ1) is 22.4. The molecule has 1 aliphatic rings. The number of rotatable bonds is 6. The van der Waals surface area contributed by atoms with Crippen LogP contribution >= 0.6 is 0 Å². The van der Waals surface area contributed by atoms with E-state index in [1.807, 2.05) is 0 Å². The van der Waals surface area contributed by atoms with Gasteiger partial charge in [-0.1, -0.05) is 19.9 Å². The van der Waals surface area contributed by atoms with Crippen molar-refractivity contribution in [3.05, 3.63) is 69.0 Å². The highest BCUT2D eigenvalue weighted by atomic mass is 19.1. The molecule has 2 aromatic rings. The second kappa shape index (κ2) is 8.83. The summed E-state index contributed by atoms with van der Waals surface area (Å²) in [5.41, 5.74) is 4.40. The Kier molecular flexibility index (Phi) is 6.38. The van der Waals surface area contributed by atoms with E-state index in [9.17, 15) is 19.3 Å². The molecule has 1 atom stereocenters. The van der Waals surface area contributed by atoms with E-state index >= 15 is 0 Å². The monoisotopic (exact) mass is 426 g/mol. The minimum absolute atomic E-state index is 0.0588. The SMILES string of the molecule is CCCN1c2cc(F)c(/C=N\NC(=O)c3cccc([N+](=O)[O-])c3)cc2C(C)CC1(C)C. The molecule has 0 bridgehead atoms. The number of hydrazone groups is 1. The fraction of sp³-hybridized carbons (Fsp3) is 0.391. The first-order valence-electron chi connectivity index (χ1n) is 10.3. The van der Waals surface area contributed by atoms with E-state index in [1.165, 1.54) is 24.4 Å². The zero-order chi connectivity index (χ0) is 22.8. The Hall–Kier alpha value is -3.29. The van der Waals surface area contributed by atoms with E-state index in [1.54, 1.807) is 12.1 Å². The minimum atomic E-state index is -0.609. The summed E-state index contributed by atoms with van der Waals surface area (Å²) in [4.78, 5) is 24.8. The molecule has 0 spiro atoms. The Morgan fingerprint density at radius 2 is 2.13 bits per heavy atom. The third-order valence-corrected chi connectivity index (χ3v) is 5.64. The number of hydrogen-bond donors (Lipinski definition) is 1. The second-order valence-electron chi connectivity index (χ2n) is 8.51. The minimum Gasteiger partial charge on any atom is -0.366 e. The Morgan fingerprint density at radius 3 is 2.81 bits per heavy atom. The molecule has 0 aliphatic carbocycles. The van der Waals surface area contributed by atoms with Gasteiger partial charge in [0, 0.05) is 41.0 Å². The molecule has 1 aliphatic heterocycles. The Labute approximate surface area is 181 Å². The third kappa shape index (κ3) is 4.73. The molecule has 1 unspecified atom stereocenters. The van der Waals surface area contributed by atoms with Gasteiger partial charge in [0.05, 0.1) is 11.1 Å². The van der Waals surface area contributed by atoms with Crippen LogP contribution in [-0.4, -0.2) is 29.1 Å². The molecule has 0 saturated heterocycles. The summed E-state index contributed by atoms with van der Waals surface area (Å²) in [7, 11) is 0. The van der Waals surface area contributed by atoms with Crippen LogP contribution in [0.3, 0.4) is 0 Å². The van der Waals surface area contributed by atoms with Gasteiger partial charge >= 0.3 is 0 Å². The van der Waals surface area contributed by atoms with Gasteiger partial charge < -0.3 is 4.90 Å². The van der Waals surface area contributed by atoms with Crippen LogP contribution in [0.5, 0.6) is 0 Å². The van der Waals surface area contributed by atoms with E-state index in [-0.39, 0.29) is 28.3 Å². The van der Waals surface area contributed by atoms with E-state index in [0.717, 1.165) is 36.7 Å². The van der Waals surface area contributed by atoms with Gasteiger partial charge in [-0.3, -0.25) is 14.9 Å². The van der Waals surface area contributed by atoms with Gasteiger partial charge in [0.25, 0.3) is 11.6 Å². The number of carbonyl (C=O) groups excluding carboxylic acids is 1. The van der Waals surface area contributed by atoms with Crippen LogP contribution < -0.4 is 10.3 Å². The number of nitrogens with one attached hydrogen (secondary N) is 1. The molecule has 164 valence electrons. The molecule has 1 N–H and O–H groups in total. The highest BCUT2D eigenvalue weighted by Crippen LogP contribution is 2.44. The number of hydrogen-bond acceptors (Lipinski definition) is 5. The zero-order valence-corrected chi connectivity index (χ0v) is 18.2. The zero-order valence-electron chi connectivity index (χ0n) is 18.2. The molecule has 31 heavy (non-hydrogen) atoms. The van der Waals surface area contributed by atoms with Crippen LogP contribution in [0.4, 0.5) is 15.8 Å². The summed E-state index contributed by atoms with van der Waals surface area (Å²) in [6, 6.07) is 8.67. The fourth-order valence-corrected chi connectivity index (χ4v) is 4.25. The van der Waals surface area contributed by atoms with Crippen LogP contribution in [0.2, 0.25) is 0 Å². The van der Waals surface area contributed by atoms with Crippen molar-refractivity contribution in [3.8, 4) is 0 Å². The molecule has 8 heteroatoms. The topological polar surface area (TPSA) is 87.8 Å². The number of non-ortho nitro benzene ring substituents is 1. The first-order chi connectivity index (χ1) is 14.6. The quantitative estimate of drug-likeness (QED) is 0.400. The molecule has 0 fully saturated rings. The van der Waals surface area contributed by atoms with Crippen molar-refractivity contribution in [3.63, 3.8) is 0 Å². The van der Waals surface area contributed by atoms with Crippen molar-refractivity contribution in [2.45, 2.75) is 52.0 Å². The number of amides is 1. The summed E-state index contributed by atoms with van der Waals surface area (Å²) in [5.74, 6) is -0.772. The summed E-state index contributed by atoms with van der Waals surface area (Å²) < 4.78 is 14.9. The van der Waals surface area contributed by atoms with Crippen molar-refractivity contribution in [2.75, 3.05) is 11.4 Å². The first-order valence-corrected chi connectivity index (χ1v) is 10.3. The molecule has 0 saturated carbocycles. The molecule has 1 amide bonds. The highest BCUT2D eigenvalue weighted by molar-refractivity contribution is 5.95. The van der Waals surface area contributed by atoms with Gasteiger partial charge in [-0.15, -0.1) is 0 Å². The fourth-order valence-electron chi connectivity index (χ4n) is 4.25. The molecule has 7 nitrogen and oxygen atoms in total. The number of nitro benzene ring substituents is 1. The number of benzene rings is 2. The third-order valence-electron chi connectivity index (χ3n) is 5.64. The lowest BCUT2D eigenvalue weighted by atomic mass is 9.79. The maximum absolute atomic E-state index is 14.9. The van der Waals surface area contributed by atoms with Crippen molar-refractivity contribution in [2.24, 2.45) is 5.10 Å². The number of nitrogens with zero attached hydrogens (tertiary/aromatic N) is 3. The van der Waals surface area contributed by atoms with Crippen LogP contribution in [-0.2, 0) is 0 Å². The Bertz CT molecular complexity index is 1040. The lowest BCUT2D eigenvalue weighted by Crippen LogP contribution is -2.48. The summed E-state index contributed by atoms with van der Waals surface area (Å²) >= 11 is 0. The van der Waals surface area contributed by atoms with Crippen LogP contribution in [0, 0.1) is 15.9 Å². The van der Waals surface area contributed by atoms with Crippen molar-refractivity contribution in [1.82, 2.24) is 5.43 Å². The van der Waals surface area contributed by atoms with Gasteiger partial charge in [0.1, 0.15) is 5.82 Å². The number of anilines is 1. The average molecular weight is 426 g/mol. The number of fused-ring (bicyclic) bond motifs is 1. The predicted octanol–water partition coefficient (Wildman–Crippen LogP) is 5.00. The van der Waals surface area contributed by atoms with Gasteiger partial charge in [-0.2, -0.15) is 5.10 Å². The van der Waals surface area contributed by atoms with Crippen LogP contribution in [0.25, 0.3) is 0 Å². The molecule has 0 aromatic heterocycles. The van der Waals surface area contributed by atoms with Gasteiger partial charge in [0.2, 0.25) is 0 Å². The van der Waals surface area contributed by atoms with Crippen LogP contribution in [0.15, 0.2) is 41.5 Å². The number of carbonyl (C=O) groups is 1. The van der Waals surface area contributed by atoms with E-state index < -0.39 is 16.6 Å². The second-order valence-corrected chi connectivity index (χ2v) is 8.51. The Balaban J connectivity index is 1.82. The van der Waals surface area contributed by atoms with E-state index in [2.05, 4.69) is 43.1 Å². The van der Waals surface area contributed by atoms with E-state index in [0.29, 0.717) is 0 Å². The molecule has 0 radical (unpaired) electrons. The maximum atomic E-state index is 14.9. The predicted molar refractivity (Wildman–Crippen MR) is 119 cm³/mol. The van der Waals surface area contributed by atoms with Gasteiger partial charge in [-0.25, -0.2) is 9.82 Å².